The molecule has 1 aliphatic rings. The van der Waals surface area contributed by atoms with E-state index >= 15 is 0 Å². The van der Waals surface area contributed by atoms with Gasteiger partial charge in [0.25, 0.3) is 0 Å². The number of nitrogens with zero attached hydrogens (tertiary/aromatic N) is 1. The van der Waals surface area contributed by atoms with Crippen LogP contribution in [-0.2, 0) is 4.79 Å². The van der Waals surface area contributed by atoms with E-state index in [9.17, 15) is 4.79 Å². The van der Waals surface area contributed by atoms with Crippen LogP contribution in [0.1, 0.15) is 20.8 Å². The summed E-state index contributed by atoms with van der Waals surface area (Å²) in [6, 6.07) is -0.409. The van der Waals surface area contributed by atoms with Crippen LogP contribution < -0.4 is 5.32 Å². The number of aliphatic hydroxyl groups excluding tert-OH is 1. The SMILES string of the molecule is CC(C)(C)N1CCNC(CO)C1=O. The summed E-state index contributed by atoms with van der Waals surface area (Å²) in [5, 5.41) is 11.9. The first-order chi connectivity index (χ1) is 5.96. The Kier molecular flexibility index (Phi) is 2.93. The van der Waals surface area contributed by atoms with Crippen LogP contribution in [0.5, 0.6) is 0 Å². The van der Waals surface area contributed by atoms with Crippen molar-refractivity contribution in [3.05, 3.63) is 0 Å². The maximum atomic E-state index is 11.7. The monoisotopic (exact) mass is 186 g/mol. The average Bonchev–Trinajstić information content (AvgIpc) is 2.02. The van der Waals surface area contributed by atoms with Gasteiger partial charge in [0.2, 0.25) is 5.91 Å². The van der Waals surface area contributed by atoms with E-state index < -0.39 is 6.04 Å². The van der Waals surface area contributed by atoms with Crippen molar-refractivity contribution in [3.8, 4) is 0 Å². The van der Waals surface area contributed by atoms with E-state index in [1.165, 1.54) is 0 Å². The van der Waals surface area contributed by atoms with Crippen LogP contribution in [0, 0.1) is 0 Å². The van der Waals surface area contributed by atoms with Crippen molar-refractivity contribution in [2.75, 3.05) is 19.7 Å². The second kappa shape index (κ2) is 3.64. The Morgan fingerprint density at radius 2 is 2.23 bits per heavy atom. The number of piperazine rings is 1. The van der Waals surface area contributed by atoms with Gasteiger partial charge in [-0.2, -0.15) is 0 Å². The summed E-state index contributed by atoms with van der Waals surface area (Å²) in [5.74, 6) is 0.00116. The fourth-order valence-corrected chi connectivity index (χ4v) is 1.54. The Morgan fingerprint density at radius 3 is 2.69 bits per heavy atom. The zero-order valence-electron chi connectivity index (χ0n) is 8.50. The van der Waals surface area contributed by atoms with Gasteiger partial charge in [-0.15, -0.1) is 0 Å². The predicted octanol–water partition coefficient (Wildman–Crippen LogP) is -0.422. The van der Waals surface area contributed by atoms with Gasteiger partial charge in [-0.3, -0.25) is 4.79 Å². The number of carbonyl (C=O) groups excluding carboxylic acids is 1. The molecule has 0 aromatic heterocycles. The first kappa shape index (κ1) is 10.5. The molecule has 0 aliphatic carbocycles. The van der Waals surface area contributed by atoms with Crippen molar-refractivity contribution >= 4 is 5.91 Å². The van der Waals surface area contributed by atoms with Crippen LogP contribution >= 0.6 is 0 Å². The van der Waals surface area contributed by atoms with E-state index in [1.54, 1.807) is 0 Å². The van der Waals surface area contributed by atoms with Gasteiger partial charge >= 0.3 is 0 Å². The smallest absolute Gasteiger partial charge is 0.242 e. The molecule has 2 N–H and O–H groups in total. The Labute approximate surface area is 78.9 Å². The molecule has 1 amide bonds. The minimum atomic E-state index is -0.409. The standard InChI is InChI=1S/C9H18N2O2/c1-9(2,3)11-5-4-10-7(6-12)8(11)13/h7,10,12H,4-6H2,1-3H3. The third kappa shape index (κ3) is 2.19. The van der Waals surface area contributed by atoms with E-state index in [2.05, 4.69) is 5.32 Å². The maximum absolute atomic E-state index is 11.7. The molecule has 0 spiro atoms. The first-order valence-corrected chi connectivity index (χ1v) is 4.62. The summed E-state index contributed by atoms with van der Waals surface area (Å²) in [6.45, 7) is 7.37. The average molecular weight is 186 g/mol. The number of hydrogen-bond acceptors (Lipinski definition) is 3. The zero-order chi connectivity index (χ0) is 10.1. The highest BCUT2D eigenvalue weighted by molar-refractivity contribution is 5.83. The molecule has 0 radical (unpaired) electrons. The van der Waals surface area contributed by atoms with Gasteiger partial charge in [0.1, 0.15) is 6.04 Å². The fraction of sp³-hybridized carbons (Fsp3) is 0.889. The molecular formula is C9H18N2O2. The number of aliphatic hydroxyl groups is 1. The highest BCUT2D eigenvalue weighted by Gasteiger charge is 2.33. The minimum absolute atomic E-state index is 0.00116. The molecule has 1 unspecified atom stereocenters. The molecule has 4 nitrogen and oxygen atoms in total. The fourth-order valence-electron chi connectivity index (χ4n) is 1.54. The van der Waals surface area contributed by atoms with Crippen molar-refractivity contribution in [1.29, 1.82) is 0 Å². The van der Waals surface area contributed by atoms with Crippen molar-refractivity contribution in [1.82, 2.24) is 10.2 Å². The molecule has 1 aliphatic heterocycles. The number of nitrogens with one attached hydrogen (secondary N) is 1. The number of amides is 1. The van der Waals surface area contributed by atoms with Crippen LogP contribution in [-0.4, -0.2) is 47.2 Å². The summed E-state index contributed by atoms with van der Waals surface area (Å²) in [5.41, 5.74) is -0.146. The summed E-state index contributed by atoms with van der Waals surface area (Å²) in [4.78, 5) is 13.5. The second-order valence-electron chi connectivity index (χ2n) is 4.35. The van der Waals surface area contributed by atoms with Gasteiger partial charge in [-0.05, 0) is 20.8 Å². The van der Waals surface area contributed by atoms with Crippen LogP contribution in [0.4, 0.5) is 0 Å². The summed E-state index contributed by atoms with van der Waals surface area (Å²) >= 11 is 0. The number of carbonyl (C=O) groups is 1. The van der Waals surface area contributed by atoms with E-state index in [0.29, 0.717) is 0 Å². The molecule has 1 saturated heterocycles. The highest BCUT2D eigenvalue weighted by atomic mass is 16.3. The number of hydrogen-bond donors (Lipinski definition) is 2. The molecule has 13 heavy (non-hydrogen) atoms. The molecular weight excluding hydrogens is 168 g/mol. The van der Waals surface area contributed by atoms with Crippen molar-refractivity contribution in [2.45, 2.75) is 32.4 Å². The Hall–Kier alpha value is -0.610. The van der Waals surface area contributed by atoms with Crippen LogP contribution in [0.25, 0.3) is 0 Å². The summed E-state index contributed by atoms with van der Waals surface area (Å²) < 4.78 is 0. The summed E-state index contributed by atoms with van der Waals surface area (Å²) in [7, 11) is 0. The van der Waals surface area contributed by atoms with E-state index in [4.69, 9.17) is 5.11 Å². The lowest BCUT2D eigenvalue weighted by atomic mass is 10.0. The van der Waals surface area contributed by atoms with E-state index in [-0.39, 0.29) is 18.1 Å². The summed E-state index contributed by atoms with van der Waals surface area (Å²) in [6.07, 6.45) is 0. The topological polar surface area (TPSA) is 52.6 Å². The molecule has 1 heterocycles. The van der Waals surface area contributed by atoms with E-state index in [1.807, 2.05) is 25.7 Å². The largest absolute Gasteiger partial charge is 0.394 e. The molecule has 1 atom stereocenters. The molecule has 4 heteroatoms. The lowest BCUT2D eigenvalue weighted by molar-refractivity contribution is -0.141. The zero-order valence-corrected chi connectivity index (χ0v) is 8.50. The van der Waals surface area contributed by atoms with Crippen LogP contribution in [0.15, 0.2) is 0 Å². The predicted molar refractivity (Wildman–Crippen MR) is 50.3 cm³/mol. The van der Waals surface area contributed by atoms with Gasteiger partial charge in [-0.1, -0.05) is 0 Å². The van der Waals surface area contributed by atoms with Crippen LogP contribution in [0.3, 0.4) is 0 Å². The van der Waals surface area contributed by atoms with Gasteiger partial charge in [-0.25, -0.2) is 0 Å². The van der Waals surface area contributed by atoms with Crippen molar-refractivity contribution in [3.63, 3.8) is 0 Å². The molecule has 0 aromatic rings. The first-order valence-electron chi connectivity index (χ1n) is 4.62. The molecule has 0 aromatic carbocycles. The van der Waals surface area contributed by atoms with Gasteiger partial charge < -0.3 is 15.3 Å². The Morgan fingerprint density at radius 1 is 1.62 bits per heavy atom. The third-order valence-corrected chi connectivity index (χ3v) is 2.28. The third-order valence-electron chi connectivity index (χ3n) is 2.28. The molecule has 1 fully saturated rings. The van der Waals surface area contributed by atoms with Crippen molar-refractivity contribution in [2.24, 2.45) is 0 Å². The molecule has 76 valence electrons. The van der Waals surface area contributed by atoms with Gasteiger partial charge in [0, 0.05) is 18.6 Å². The minimum Gasteiger partial charge on any atom is -0.394 e. The Balaban J connectivity index is 2.71. The molecule has 0 bridgehead atoms. The molecule has 0 saturated carbocycles. The maximum Gasteiger partial charge on any atom is 0.242 e. The lowest BCUT2D eigenvalue weighted by Gasteiger charge is -2.41. The van der Waals surface area contributed by atoms with Crippen molar-refractivity contribution < 1.29 is 9.90 Å². The quantitative estimate of drug-likeness (QED) is 0.584. The Bertz CT molecular complexity index is 198. The van der Waals surface area contributed by atoms with Gasteiger partial charge in [0.15, 0.2) is 0 Å². The lowest BCUT2D eigenvalue weighted by Crippen LogP contribution is -2.61. The number of rotatable bonds is 1. The molecule has 1 rings (SSSR count). The normalized spacial score (nSPS) is 25.1. The second-order valence-corrected chi connectivity index (χ2v) is 4.35. The van der Waals surface area contributed by atoms with E-state index in [0.717, 1.165) is 13.1 Å². The highest BCUT2D eigenvalue weighted by Crippen LogP contribution is 2.16. The van der Waals surface area contributed by atoms with Crippen LogP contribution in [0.2, 0.25) is 0 Å². The van der Waals surface area contributed by atoms with Gasteiger partial charge in [0.05, 0.1) is 6.61 Å².